The molecule has 0 aromatic carbocycles. The van der Waals surface area contributed by atoms with Crippen LogP contribution in [0.5, 0.6) is 0 Å². The van der Waals surface area contributed by atoms with Gasteiger partial charge in [0.15, 0.2) is 0 Å². The summed E-state index contributed by atoms with van der Waals surface area (Å²) in [7, 11) is 0. The third-order valence-electron chi connectivity index (χ3n) is 1.76. The number of carbonyl (C=O) groups is 1. The molecule has 0 saturated heterocycles. The molecule has 0 bridgehead atoms. The smallest absolute Gasteiger partial charge is 0.251 e. The molecular formula is C10H12Cl2N2O2. The van der Waals surface area contributed by atoms with Crippen molar-refractivity contribution < 1.29 is 9.53 Å². The molecule has 1 aromatic heterocycles. The van der Waals surface area contributed by atoms with E-state index >= 15 is 0 Å². The van der Waals surface area contributed by atoms with E-state index in [4.69, 9.17) is 27.9 Å². The molecular weight excluding hydrogens is 251 g/mol. The molecule has 1 rings (SSSR count). The Morgan fingerprint density at radius 3 is 2.62 bits per heavy atom. The van der Waals surface area contributed by atoms with Gasteiger partial charge in [0.25, 0.3) is 5.91 Å². The van der Waals surface area contributed by atoms with Crippen molar-refractivity contribution in [2.75, 3.05) is 19.8 Å². The normalized spacial score (nSPS) is 10.2. The predicted molar refractivity (Wildman–Crippen MR) is 63.1 cm³/mol. The summed E-state index contributed by atoms with van der Waals surface area (Å²) in [6.45, 7) is 3.45. The second kappa shape index (κ2) is 6.68. The van der Waals surface area contributed by atoms with E-state index in [0.717, 1.165) is 0 Å². The lowest BCUT2D eigenvalue weighted by atomic mass is 10.2. The lowest BCUT2D eigenvalue weighted by Crippen LogP contribution is -2.27. The summed E-state index contributed by atoms with van der Waals surface area (Å²) >= 11 is 11.4. The molecule has 1 amide bonds. The van der Waals surface area contributed by atoms with Crippen molar-refractivity contribution in [3.8, 4) is 0 Å². The van der Waals surface area contributed by atoms with Crippen LogP contribution in [0.15, 0.2) is 12.1 Å². The number of amides is 1. The number of halogens is 2. The molecule has 0 aliphatic carbocycles. The number of hydrogen-bond donors (Lipinski definition) is 1. The lowest BCUT2D eigenvalue weighted by molar-refractivity contribution is 0.0922. The van der Waals surface area contributed by atoms with Crippen molar-refractivity contribution >= 4 is 29.1 Å². The van der Waals surface area contributed by atoms with Crippen LogP contribution in [-0.4, -0.2) is 30.6 Å². The maximum absolute atomic E-state index is 11.6. The highest BCUT2D eigenvalue weighted by molar-refractivity contribution is 6.33. The van der Waals surface area contributed by atoms with Gasteiger partial charge < -0.3 is 10.1 Å². The highest BCUT2D eigenvalue weighted by Crippen LogP contribution is 2.14. The second-order valence-electron chi connectivity index (χ2n) is 2.95. The van der Waals surface area contributed by atoms with Crippen LogP contribution in [-0.2, 0) is 4.74 Å². The third kappa shape index (κ3) is 4.35. The van der Waals surface area contributed by atoms with Gasteiger partial charge in [0.1, 0.15) is 10.3 Å². The van der Waals surface area contributed by atoms with Gasteiger partial charge in [-0.15, -0.1) is 0 Å². The monoisotopic (exact) mass is 262 g/mol. The minimum absolute atomic E-state index is 0.197. The van der Waals surface area contributed by atoms with Gasteiger partial charge in [0.2, 0.25) is 0 Å². The first kappa shape index (κ1) is 13.2. The maximum Gasteiger partial charge on any atom is 0.251 e. The van der Waals surface area contributed by atoms with Gasteiger partial charge in [-0.3, -0.25) is 4.79 Å². The van der Waals surface area contributed by atoms with Gasteiger partial charge in [-0.2, -0.15) is 0 Å². The quantitative estimate of drug-likeness (QED) is 0.654. The van der Waals surface area contributed by atoms with E-state index in [1.165, 1.54) is 12.1 Å². The van der Waals surface area contributed by atoms with Crippen LogP contribution in [0.25, 0.3) is 0 Å². The number of hydrogen-bond acceptors (Lipinski definition) is 3. The van der Waals surface area contributed by atoms with Gasteiger partial charge in [-0.25, -0.2) is 4.98 Å². The summed E-state index contributed by atoms with van der Waals surface area (Å²) in [6, 6.07) is 2.92. The molecule has 16 heavy (non-hydrogen) atoms. The van der Waals surface area contributed by atoms with Gasteiger partial charge >= 0.3 is 0 Å². The summed E-state index contributed by atoms with van der Waals surface area (Å²) in [4.78, 5) is 15.4. The molecule has 0 unspecified atom stereocenters. The Morgan fingerprint density at radius 1 is 1.44 bits per heavy atom. The molecule has 1 N–H and O–H groups in total. The van der Waals surface area contributed by atoms with Crippen LogP contribution in [0.3, 0.4) is 0 Å². The number of aromatic nitrogens is 1. The predicted octanol–water partition coefficient (Wildman–Crippen LogP) is 2.15. The van der Waals surface area contributed by atoms with E-state index in [1.54, 1.807) is 0 Å². The summed E-state index contributed by atoms with van der Waals surface area (Å²) in [5, 5.41) is 3.07. The van der Waals surface area contributed by atoms with Crippen molar-refractivity contribution in [3.63, 3.8) is 0 Å². The molecule has 0 atom stereocenters. The van der Waals surface area contributed by atoms with Crippen molar-refractivity contribution in [2.45, 2.75) is 6.92 Å². The molecule has 0 aliphatic rings. The minimum atomic E-state index is -0.245. The van der Waals surface area contributed by atoms with Crippen molar-refractivity contribution in [3.05, 3.63) is 28.0 Å². The first-order valence-electron chi connectivity index (χ1n) is 4.82. The Labute approximate surface area is 104 Å². The molecule has 0 spiro atoms. The number of pyridine rings is 1. The van der Waals surface area contributed by atoms with Crippen molar-refractivity contribution in [1.82, 2.24) is 10.3 Å². The summed E-state index contributed by atoms with van der Waals surface area (Å²) < 4.78 is 5.09. The van der Waals surface area contributed by atoms with Crippen LogP contribution in [0.2, 0.25) is 10.3 Å². The van der Waals surface area contributed by atoms with E-state index in [-0.39, 0.29) is 16.2 Å². The molecule has 88 valence electrons. The van der Waals surface area contributed by atoms with Crippen LogP contribution < -0.4 is 5.32 Å². The maximum atomic E-state index is 11.6. The molecule has 0 aliphatic heterocycles. The average Bonchev–Trinajstić information content (AvgIpc) is 2.22. The molecule has 0 saturated carbocycles. The Morgan fingerprint density at radius 2 is 2.06 bits per heavy atom. The van der Waals surface area contributed by atoms with E-state index in [0.29, 0.717) is 25.3 Å². The highest BCUT2D eigenvalue weighted by Gasteiger charge is 2.07. The number of carbonyl (C=O) groups excluding carboxylic acids is 1. The van der Waals surface area contributed by atoms with Gasteiger partial charge in [0.05, 0.1) is 6.61 Å². The molecule has 0 radical (unpaired) electrons. The summed E-state index contributed by atoms with van der Waals surface area (Å²) in [5.41, 5.74) is 0.390. The van der Waals surface area contributed by atoms with E-state index in [9.17, 15) is 4.79 Å². The average molecular weight is 263 g/mol. The van der Waals surface area contributed by atoms with E-state index in [2.05, 4.69) is 10.3 Å². The van der Waals surface area contributed by atoms with Crippen LogP contribution in [0, 0.1) is 0 Å². The van der Waals surface area contributed by atoms with Crippen LogP contribution in [0.4, 0.5) is 0 Å². The first-order valence-corrected chi connectivity index (χ1v) is 5.58. The third-order valence-corrected chi connectivity index (χ3v) is 2.15. The second-order valence-corrected chi connectivity index (χ2v) is 3.73. The van der Waals surface area contributed by atoms with Crippen molar-refractivity contribution in [2.24, 2.45) is 0 Å². The minimum Gasteiger partial charge on any atom is -0.380 e. The topological polar surface area (TPSA) is 51.2 Å². The number of rotatable bonds is 5. The molecule has 1 heterocycles. The number of nitrogens with one attached hydrogen (secondary N) is 1. The largest absolute Gasteiger partial charge is 0.380 e. The Bertz CT molecular complexity index is 352. The first-order chi connectivity index (χ1) is 7.63. The molecule has 0 fully saturated rings. The number of ether oxygens (including phenoxy) is 1. The Kier molecular flexibility index (Phi) is 5.52. The van der Waals surface area contributed by atoms with Crippen LogP contribution >= 0.6 is 23.2 Å². The Hall–Kier alpha value is -0.840. The van der Waals surface area contributed by atoms with Gasteiger partial charge in [0, 0.05) is 18.7 Å². The van der Waals surface area contributed by atoms with E-state index < -0.39 is 0 Å². The van der Waals surface area contributed by atoms with Gasteiger partial charge in [-0.1, -0.05) is 23.2 Å². The van der Waals surface area contributed by atoms with Gasteiger partial charge in [-0.05, 0) is 19.1 Å². The zero-order valence-electron chi connectivity index (χ0n) is 8.80. The van der Waals surface area contributed by atoms with Crippen LogP contribution in [0.1, 0.15) is 17.3 Å². The SMILES string of the molecule is CCOCCNC(=O)c1cc(Cl)nc(Cl)c1. The lowest BCUT2D eigenvalue weighted by Gasteiger charge is -2.05. The molecule has 6 heteroatoms. The molecule has 1 aromatic rings. The fourth-order valence-corrected chi connectivity index (χ4v) is 1.54. The standard InChI is InChI=1S/C10H12Cl2N2O2/c1-2-16-4-3-13-10(15)7-5-8(11)14-9(12)6-7/h5-6H,2-4H2,1H3,(H,13,15). The summed E-state index contributed by atoms with van der Waals surface area (Å²) in [6.07, 6.45) is 0. The fraction of sp³-hybridized carbons (Fsp3) is 0.400. The highest BCUT2D eigenvalue weighted by atomic mass is 35.5. The Balaban J connectivity index is 2.52. The fourth-order valence-electron chi connectivity index (χ4n) is 1.08. The zero-order chi connectivity index (χ0) is 12.0. The number of nitrogens with zero attached hydrogens (tertiary/aromatic N) is 1. The van der Waals surface area contributed by atoms with E-state index in [1.807, 2.05) is 6.92 Å². The zero-order valence-corrected chi connectivity index (χ0v) is 10.3. The summed E-state index contributed by atoms with van der Waals surface area (Å²) in [5.74, 6) is -0.245. The molecule has 4 nitrogen and oxygen atoms in total. The van der Waals surface area contributed by atoms with Crippen molar-refractivity contribution in [1.29, 1.82) is 0 Å².